The molecule has 0 fully saturated rings. The molecule has 4 rings (SSSR count). The van der Waals surface area contributed by atoms with Crippen LogP contribution in [0, 0.1) is 0 Å². The molecule has 1 heteroatoms. The summed E-state index contributed by atoms with van der Waals surface area (Å²) in [6, 6.07) is 23.3. The molecule has 1 heterocycles. The molecule has 0 radical (unpaired) electrons. The zero-order valence-electron chi connectivity index (χ0n) is 10.4. The summed E-state index contributed by atoms with van der Waals surface area (Å²) in [5.41, 5.74) is 4.85. The van der Waals surface area contributed by atoms with E-state index in [0.717, 1.165) is 5.70 Å². The highest BCUT2D eigenvalue weighted by Gasteiger charge is 2.13. The Kier molecular flexibility index (Phi) is 2.18. The number of rotatable bonds is 1. The molecule has 0 bridgehead atoms. The fraction of sp³-hybridized carbons (Fsp3) is 0. The Labute approximate surface area is 112 Å². The van der Waals surface area contributed by atoms with Crippen LogP contribution in [-0.4, -0.2) is 0 Å². The van der Waals surface area contributed by atoms with Crippen LogP contribution in [0.25, 0.3) is 22.5 Å². The zero-order valence-corrected chi connectivity index (χ0v) is 10.4. The number of hydrogen-bond donors (Lipinski definition) is 1. The molecule has 1 nitrogen and oxygen atoms in total. The van der Waals surface area contributed by atoms with Crippen molar-refractivity contribution in [3.63, 3.8) is 0 Å². The summed E-state index contributed by atoms with van der Waals surface area (Å²) in [5, 5.41) is 6.13. The predicted molar refractivity (Wildman–Crippen MR) is 81.9 cm³/mol. The van der Waals surface area contributed by atoms with Crippen LogP contribution in [0.4, 0.5) is 5.69 Å². The van der Waals surface area contributed by atoms with Crippen molar-refractivity contribution < 1.29 is 0 Å². The van der Waals surface area contributed by atoms with Crippen LogP contribution in [0.15, 0.2) is 66.7 Å². The van der Waals surface area contributed by atoms with Crippen molar-refractivity contribution >= 4 is 28.2 Å². The first-order valence-electron chi connectivity index (χ1n) is 6.48. The van der Waals surface area contributed by atoms with Crippen LogP contribution in [0.5, 0.6) is 0 Å². The average molecular weight is 243 g/mol. The third kappa shape index (κ3) is 1.63. The summed E-state index contributed by atoms with van der Waals surface area (Å²) in [5.74, 6) is 0. The first kappa shape index (κ1) is 10.4. The second-order valence-corrected chi connectivity index (χ2v) is 4.80. The quantitative estimate of drug-likeness (QED) is 0.649. The molecular weight excluding hydrogens is 230 g/mol. The third-order valence-electron chi connectivity index (χ3n) is 3.59. The SMILES string of the molecule is C1=C(c2ccccc2)Nc2cccc3cccc1c23. The maximum Gasteiger partial charge on any atom is 0.0470 e. The largest absolute Gasteiger partial charge is 0.354 e. The Hall–Kier alpha value is -2.54. The molecule has 0 saturated carbocycles. The van der Waals surface area contributed by atoms with Gasteiger partial charge in [-0.15, -0.1) is 0 Å². The van der Waals surface area contributed by atoms with E-state index in [1.54, 1.807) is 0 Å². The van der Waals surface area contributed by atoms with Crippen molar-refractivity contribution in [2.24, 2.45) is 0 Å². The second kappa shape index (κ2) is 3.99. The predicted octanol–water partition coefficient (Wildman–Crippen LogP) is 4.76. The third-order valence-corrected chi connectivity index (χ3v) is 3.59. The second-order valence-electron chi connectivity index (χ2n) is 4.80. The van der Waals surface area contributed by atoms with Gasteiger partial charge in [-0.2, -0.15) is 0 Å². The molecule has 1 aliphatic rings. The zero-order chi connectivity index (χ0) is 12.7. The van der Waals surface area contributed by atoms with E-state index >= 15 is 0 Å². The van der Waals surface area contributed by atoms with Gasteiger partial charge in [0.2, 0.25) is 0 Å². The monoisotopic (exact) mass is 243 g/mol. The number of benzene rings is 3. The Morgan fingerprint density at radius 3 is 2.32 bits per heavy atom. The minimum atomic E-state index is 1.16. The lowest BCUT2D eigenvalue weighted by molar-refractivity contribution is 1.54. The molecule has 0 aliphatic carbocycles. The summed E-state index contributed by atoms with van der Waals surface area (Å²) in [4.78, 5) is 0. The van der Waals surface area contributed by atoms with Crippen molar-refractivity contribution in [1.29, 1.82) is 0 Å². The smallest absolute Gasteiger partial charge is 0.0470 e. The number of anilines is 1. The highest BCUT2D eigenvalue weighted by Crippen LogP contribution is 2.35. The molecule has 3 aromatic rings. The highest BCUT2D eigenvalue weighted by molar-refractivity contribution is 6.09. The van der Waals surface area contributed by atoms with Crippen LogP contribution < -0.4 is 5.32 Å². The molecule has 0 amide bonds. The maximum atomic E-state index is 3.54. The summed E-state index contributed by atoms with van der Waals surface area (Å²) in [6.07, 6.45) is 2.23. The van der Waals surface area contributed by atoms with Gasteiger partial charge >= 0.3 is 0 Å². The lowest BCUT2D eigenvalue weighted by Crippen LogP contribution is -2.03. The Balaban J connectivity index is 1.96. The van der Waals surface area contributed by atoms with Crippen LogP contribution in [-0.2, 0) is 0 Å². The molecule has 0 atom stereocenters. The van der Waals surface area contributed by atoms with Crippen molar-refractivity contribution in [2.45, 2.75) is 0 Å². The van der Waals surface area contributed by atoms with Crippen molar-refractivity contribution in [3.8, 4) is 0 Å². The molecule has 19 heavy (non-hydrogen) atoms. The van der Waals surface area contributed by atoms with Crippen LogP contribution in [0.3, 0.4) is 0 Å². The minimum Gasteiger partial charge on any atom is -0.354 e. The van der Waals surface area contributed by atoms with Gasteiger partial charge in [0.05, 0.1) is 0 Å². The van der Waals surface area contributed by atoms with E-state index in [-0.39, 0.29) is 0 Å². The van der Waals surface area contributed by atoms with Gasteiger partial charge in [0.15, 0.2) is 0 Å². The summed E-state index contributed by atoms with van der Waals surface area (Å²) < 4.78 is 0. The molecule has 3 aromatic carbocycles. The van der Waals surface area contributed by atoms with Crippen LogP contribution >= 0.6 is 0 Å². The minimum absolute atomic E-state index is 1.16. The van der Waals surface area contributed by atoms with Gasteiger partial charge in [-0.25, -0.2) is 0 Å². The molecule has 0 spiro atoms. The lowest BCUT2D eigenvalue weighted by atomic mass is 9.97. The standard InChI is InChI=1S/C18H13N/c1-2-6-13(7-3-1)17-12-15-10-4-8-14-9-5-11-16(19-17)18(14)15/h1-12,19H. The van der Waals surface area contributed by atoms with Gasteiger partial charge in [-0.1, -0.05) is 60.7 Å². The summed E-state index contributed by atoms with van der Waals surface area (Å²) in [6.45, 7) is 0. The van der Waals surface area contributed by atoms with Gasteiger partial charge in [0.25, 0.3) is 0 Å². The van der Waals surface area contributed by atoms with E-state index in [0.29, 0.717) is 0 Å². The Morgan fingerprint density at radius 1 is 0.684 bits per heavy atom. The first-order valence-corrected chi connectivity index (χ1v) is 6.48. The van der Waals surface area contributed by atoms with Crippen LogP contribution in [0.1, 0.15) is 11.1 Å². The van der Waals surface area contributed by atoms with E-state index in [2.05, 4.69) is 72.1 Å². The lowest BCUT2D eigenvalue weighted by Gasteiger charge is -2.20. The fourth-order valence-electron chi connectivity index (χ4n) is 2.70. The summed E-state index contributed by atoms with van der Waals surface area (Å²) >= 11 is 0. The molecule has 0 saturated heterocycles. The summed E-state index contributed by atoms with van der Waals surface area (Å²) in [7, 11) is 0. The molecule has 90 valence electrons. The molecule has 1 aliphatic heterocycles. The van der Waals surface area contributed by atoms with Gasteiger partial charge in [-0.3, -0.25) is 0 Å². The van der Waals surface area contributed by atoms with E-state index in [9.17, 15) is 0 Å². The molecular formula is C18H13N. The van der Waals surface area contributed by atoms with Gasteiger partial charge in [0.1, 0.15) is 0 Å². The number of nitrogens with one attached hydrogen (secondary N) is 1. The maximum absolute atomic E-state index is 3.54. The van der Waals surface area contributed by atoms with E-state index in [4.69, 9.17) is 0 Å². The fourth-order valence-corrected chi connectivity index (χ4v) is 2.70. The molecule has 1 N–H and O–H groups in total. The van der Waals surface area contributed by atoms with Crippen molar-refractivity contribution in [2.75, 3.05) is 5.32 Å². The van der Waals surface area contributed by atoms with E-state index < -0.39 is 0 Å². The van der Waals surface area contributed by atoms with E-state index in [1.807, 2.05) is 6.07 Å². The van der Waals surface area contributed by atoms with Crippen molar-refractivity contribution in [3.05, 3.63) is 77.9 Å². The van der Waals surface area contributed by atoms with Gasteiger partial charge < -0.3 is 5.32 Å². The Morgan fingerprint density at radius 2 is 1.47 bits per heavy atom. The molecule has 0 aromatic heterocycles. The van der Waals surface area contributed by atoms with Gasteiger partial charge in [0, 0.05) is 16.8 Å². The average Bonchev–Trinajstić information content (AvgIpc) is 2.49. The van der Waals surface area contributed by atoms with Crippen molar-refractivity contribution in [1.82, 2.24) is 0 Å². The van der Waals surface area contributed by atoms with E-state index in [1.165, 1.54) is 27.6 Å². The topological polar surface area (TPSA) is 12.0 Å². The first-order chi connectivity index (χ1) is 9.42. The normalized spacial score (nSPS) is 12.9. The number of hydrogen-bond acceptors (Lipinski definition) is 1. The Bertz CT molecular complexity index is 780. The highest BCUT2D eigenvalue weighted by atomic mass is 14.9. The molecule has 0 unspecified atom stereocenters. The van der Waals surface area contributed by atoms with Gasteiger partial charge in [-0.05, 0) is 28.7 Å². The van der Waals surface area contributed by atoms with Crippen LogP contribution in [0.2, 0.25) is 0 Å².